The number of hydrogen-bond acceptors (Lipinski definition) is 2. The van der Waals surface area contributed by atoms with Crippen molar-refractivity contribution < 1.29 is 4.74 Å². The lowest BCUT2D eigenvalue weighted by Crippen LogP contribution is -2.26. The minimum Gasteiger partial charge on any atom is -0.494 e. The fourth-order valence-electron chi connectivity index (χ4n) is 2.83. The third kappa shape index (κ3) is 7.70. The number of rotatable bonds is 10. The molecule has 0 atom stereocenters. The molecule has 0 saturated carbocycles. The Morgan fingerprint density at radius 2 is 1.36 bits per heavy atom. The van der Waals surface area contributed by atoms with Crippen LogP contribution in [0.1, 0.15) is 45.4 Å². The van der Waals surface area contributed by atoms with E-state index in [2.05, 4.69) is 29.0 Å². The number of ether oxygens (including phenoxy) is 1. The van der Waals surface area contributed by atoms with Gasteiger partial charge in [0, 0.05) is 0 Å². The van der Waals surface area contributed by atoms with Crippen molar-refractivity contribution in [2.45, 2.75) is 45.4 Å². The van der Waals surface area contributed by atoms with Gasteiger partial charge in [-0.15, -0.1) is 0 Å². The van der Waals surface area contributed by atoms with Gasteiger partial charge in [0.25, 0.3) is 0 Å². The molecule has 6 heteroatoms. The summed E-state index contributed by atoms with van der Waals surface area (Å²) in [5.41, 5.74) is 19.1. The highest BCUT2D eigenvalue weighted by atomic mass is 16.5. The van der Waals surface area contributed by atoms with Gasteiger partial charge in [0.05, 0.1) is 12.3 Å². The number of unbranched alkanes of at least 4 members (excludes halogenated alkanes) is 5. The quantitative estimate of drug-likeness (QED) is 0.323. The van der Waals surface area contributed by atoms with Gasteiger partial charge >= 0.3 is 0 Å². The summed E-state index contributed by atoms with van der Waals surface area (Å²) >= 11 is 0. The third-order valence-electron chi connectivity index (χ3n) is 4.31. The number of hydrogen-bond donors (Lipinski definition) is 3. The van der Waals surface area contributed by atoms with Crippen LogP contribution < -0.4 is 21.9 Å². The van der Waals surface area contributed by atoms with E-state index in [-0.39, 0.29) is 11.9 Å². The highest BCUT2D eigenvalue weighted by molar-refractivity contribution is 5.93. The molecule has 0 amide bonds. The van der Waals surface area contributed by atoms with Gasteiger partial charge in [-0.05, 0) is 41.8 Å². The molecule has 6 nitrogen and oxygen atoms in total. The van der Waals surface area contributed by atoms with Gasteiger partial charge in [0.1, 0.15) is 5.75 Å². The molecule has 6 N–H and O–H groups in total. The number of aliphatic imine (C=N–C) groups is 2. The Bertz CT molecular complexity index is 763. The van der Waals surface area contributed by atoms with E-state index in [0.717, 1.165) is 29.9 Å². The van der Waals surface area contributed by atoms with Crippen molar-refractivity contribution in [3.05, 3.63) is 48.5 Å². The summed E-state index contributed by atoms with van der Waals surface area (Å²) in [6, 6.07) is 15.8. The lowest BCUT2D eigenvalue weighted by Gasteiger charge is -2.08. The van der Waals surface area contributed by atoms with Crippen LogP contribution in [0.25, 0.3) is 11.1 Å². The Morgan fingerprint density at radius 1 is 0.786 bits per heavy atom. The standard InChI is InChI=1S/C22H31N5O/c1-2-3-4-5-6-7-16-28-20-14-10-18(11-15-20)17-8-12-19(13-9-17)26-22(25)27-21(23)24/h8-15H,2-7,16H2,1H3,(H6,23,24,25,26,27). The zero-order chi connectivity index (χ0) is 20.2. The first-order chi connectivity index (χ1) is 13.6. The average Bonchev–Trinajstić information content (AvgIpc) is 2.68. The second-order valence-corrected chi connectivity index (χ2v) is 6.69. The summed E-state index contributed by atoms with van der Waals surface area (Å²) in [5.74, 6) is 0.819. The molecule has 150 valence electrons. The molecule has 28 heavy (non-hydrogen) atoms. The van der Waals surface area contributed by atoms with E-state index in [9.17, 15) is 0 Å². The number of guanidine groups is 2. The molecule has 0 radical (unpaired) electrons. The second-order valence-electron chi connectivity index (χ2n) is 6.69. The molecule has 0 aliphatic carbocycles. The SMILES string of the molecule is CCCCCCCCOc1ccc(-c2ccc(N=C(N)N=C(N)N)cc2)cc1. The van der Waals surface area contributed by atoms with Crippen molar-refractivity contribution in [1.82, 2.24) is 0 Å². The van der Waals surface area contributed by atoms with Crippen LogP contribution in [0, 0.1) is 0 Å². The van der Waals surface area contributed by atoms with Crippen LogP contribution in [-0.2, 0) is 0 Å². The van der Waals surface area contributed by atoms with E-state index in [4.69, 9.17) is 21.9 Å². The predicted molar refractivity (Wildman–Crippen MR) is 118 cm³/mol. The Kier molecular flexibility index (Phi) is 8.85. The molecular weight excluding hydrogens is 350 g/mol. The molecule has 0 saturated heterocycles. The molecule has 2 aromatic carbocycles. The van der Waals surface area contributed by atoms with Gasteiger partial charge in [-0.1, -0.05) is 63.3 Å². The molecule has 0 aromatic heterocycles. The fourth-order valence-corrected chi connectivity index (χ4v) is 2.83. The van der Waals surface area contributed by atoms with Crippen molar-refractivity contribution in [3.8, 4) is 16.9 Å². The Balaban J connectivity index is 1.85. The van der Waals surface area contributed by atoms with Crippen molar-refractivity contribution >= 4 is 17.6 Å². The highest BCUT2D eigenvalue weighted by Crippen LogP contribution is 2.25. The first-order valence-corrected chi connectivity index (χ1v) is 9.85. The van der Waals surface area contributed by atoms with Gasteiger partial charge in [-0.3, -0.25) is 0 Å². The third-order valence-corrected chi connectivity index (χ3v) is 4.31. The van der Waals surface area contributed by atoms with Crippen LogP contribution in [0.2, 0.25) is 0 Å². The van der Waals surface area contributed by atoms with Gasteiger partial charge in [0.2, 0.25) is 5.96 Å². The van der Waals surface area contributed by atoms with E-state index in [1.165, 1.54) is 32.1 Å². The zero-order valence-corrected chi connectivity index (χ0v) is 16.6. The van der Waals surface area contributed by atoms with E-state index in [1.54, 1.807) is 0 Å². The van der Waals surface area contributed by atoms with Crippen LogP contribution in [0.3, 0.4) is 0 Å². The van der Waals surface area contributed by atoms with E-state index < -0.39 is 0 Å². The monoisotopic (exact) mass is 381 g/mol. The number of nitrogens with two attached hydrogens (primary N) is 3. The first-order valence-electron chi connectivity index (χ1n) is 9.85. The maximum Gasteiger partial charge on any atom is 0.223 e. The molecule has 0 aliphatic heterocycles. The van der Waals surface area contributed by atoms with E-state index >= 15 is 0 Å². The largest absolute Gasteiger partial charge is 0.494 e. The number of nitrogens with zero attached hydrogens (tertiary/aromatic N) is 2. The Morgan fingerprint density at radius 3 is 1.96 bits per heavy atom. The van der Waals surface area contributed by atoms with Crippen LogP contribution in [0.4, 0.5) is 5.69 Å². The Labute approximate surface area is 167 Å². The second kappa shape index (κ2) is 11.6. The topological polar surface area (TPSA) is 112 Å². The summed E-state index contributed by atoms with van der Waals surface area (Å²) in [7, 11) is 0. The van der Waals surface area contributed by atoms with E-state index in [0.29, 0.717) is 5.69 Å². The number of benzene rings is 2. The molecule has 0 fully saturated rings. The minimum atomic E-state index is -0.114. The molecular formula is C22H31N5O. The summed E-state index contributed by atoms with van der Waals surface area (Å²) in [4.78, 5) is 7.84. The molecule has 0 unspecified atom stereocenters. The molecule has 0 spiro atoms. The lowest BCUT2D eigenvalue weighted by molar-refractivity contribution is 0.304. The van der Waals surface area contributed by atoms with Crippen molar-refractivity contribution in [2.75, 3.05) is 6.61 Å². The average molecular weight is 382 g/mol. The molecule has 0 heterocycles. The van der Waals surface area contributed by atoms with Gasteiger partial charge < -0.3 is 21.9 Å². The summed E-state index contributed by atoms with van der Waals surface area (Å²) in [6.45, 7) is 3.01. The molecule has 2 aromatic rings. The van der Waals surface area contributed by atoms with Crippen molar-refractivity contribution in [2.24, 2.45) is 27.2 Å². The van der Waals surface area contributed by atoms with Crippen molar-refractivity contribution in [1.29, 1.82) is 0 Å². The highest BCUT2D eigenvalue weighted by Gasteiger charge is 2.00. The van der Waals surface area contributed by atoms with Crippen LogP contribution in [0.5, 0.6) is 5.75 Å². The Hall–Kier alpha value is -3.02. The molecule has 0 aliphatic rings. The smallest absolute Gasteiger partial charge is 0.223 e. The van der Waals surface area contributed by atoms with Crippen LogP contribution in [0.15, 0.2) is 58.5 Å². The maximum atomic E-state index is 5.83. The lowest BCUT2D eigenvalue weighted by atomic mass is 10.1. The van der Waals surface area contributed by atoms with Crippen molar-refractivity contribution in [3.63, 3.8) is 0 Å². The summed E-state index contributed by atoms with van der Waals surface area (Å²) < 4.78 is 5.83. The predicted octanol–water partition coefficient (Wildman–Crippen LogP) is 4.31. The van der Waals surface area contributed by atoms with Gasteiger partial charge in [-0.2, -0.15) is 4.99 Å². The zero-order valence-electron chi connectivity index (χ0n) is 16.6. The summed E-state index contributed by atoms with van der Waals surface area (Å²) in [6.07, 6.45) is 7.59. The van der Waals surface area contributed by atoms with Gasteiger partial charge in [-0.25, -0.2) is 4.99 Å². The first kappa shape index (κ1) is 21.3. The fraction of sp³-hybridized carbons (Fsp3) is 0.364. The maximum absolute atomic E-state index is 5.83. The molecule has 0 bridgehead atoms. The van der Waals surface area contributed by atoms with Gasteiger partial charge in [0.15, 0.2) is 5.96 Å². The minimum absolute atomic E-state index is 0.0274. The van der Waals surface area contributed by atoms with Crippen LogP contribution in [-0.4, -0.2) is 18.5 Å². The van der Waals surface area contributed by atoms with Crippen LogP contribution >= 0.6 is 0 Å². The molecule has 2 rings (SSSR count). The summed E-state index contributed by atoms with van der Waals surface area (Å²) in [5, 5.41) is 0. The van der Waals surface area contributed by atoms with E-state index in [1.807, 2.05) is 36.4 Å². The normalized spacial score (nSPS) is 11.2.